The molecule has 0 saturated heterocycles. The molecule has 4 aromatic rings. The topological polar surface area (TPSA) is 43.4 Å². The third-order valence-electron chi connectivity index (χ3n) is 5.58. The van der Waals surface area contributed by atoms with Crippen molar-refractivity contribution >= 4 is 11.9 Å². The number of alkyl halides is 6. The Bertz CT molecular complexity index is 1590. The van der Waals surface area contributed by atoms with Gasteiger partial charge in [-0.25, -0.2) is 9.59 Å². The zero-order chi connectivity index (χ0) is 29.6. The van der Waals surface area contributed by atoms with Crippen LogP contribution in [0.4, 0.5) is 26.3 Å². The Morgan fingerprint density at radius 1 is 0.488 bits per heavy atom. The Balaban J connectivity index is 1.76. The first kappa shape index (κ1) is 28.7. The van der Waals surface area contributed by atoms with Crippen molar-refractivity contribution in [3.63, 3.8) is 0 Å². The molecule has 0 N–H and O–H groups in total. The lowest BCUT2D eigenvalue weighted by atomic mass is 9.99. The van der Waals surface area contributed by atoms with Crippen LogP contribution in [0.3, 0.4) is 0 Å². The predicted octanol–water partition coefficient (Wildman–Crippen LogP) is 7.52. The van der Waals surface area contributed by atoms with Crippen molar-refractivity contribution in [2.75, 3.05) is 0 Å². The predicted molar refractivity (Wildman–Crippen MR) is 137 cm³/mol. The molecule has 0 radical (unpaired) electrons. The number of ether oxygens (including phenoxy) is 1. The molecule has 3 nitrogen and oxygen atoms in total. The van der Waals surface area contributed by atoms with Crippen LogP contribution in [0.1, 0.15) is 54.1 Å². The van der Waals surface area contributed by atoms with Crippen LogP contribution in [0.2, 0.25) is 0 Å². The maximum absolute atomic E-state index is 13.8. The third-order valence-corrected chi connectivity index (χ3v) is 5.58. The average Bonchev–Trinajstić information content (AvgIpc) is 2.94. The lowest BCUT2D eigenvalue weighted by molar-refractivity contribution is -0.138. The van der Waals surface area contributed by atoms with E-state index in [9.17, 15) is 35.9 Å². The molecule has 0 fully saturated rings. The molecule has 0 bridgehead atoms. The van der Waals surface area contributed by atoms with Gasteiger partial charge in [-0.15, -0.1) is 0 Å². The summed E-state index contributed by atoms with van der Waals surface area (Å²) in [5.41, 5.74) is -4.70. The van der Waals surface area contributed by atoms with E-state index in [4.69, 9.17) is 4.74 Å². The standard InChI is InChI=1S/C32H16F6O3/c33-31(34,35)27-15-7-13-25(23(27)19-17-21-9-3-1-4-10-21)29(39)41-30(40)26-14-8-16-28(32(36,37)38)24(26)20-18-22-11-5-2-6-12-22/h1-16H. The number of carbonyl (C=O) groups excluding carboxylic acids is 2. The summed E-state index contributed by atoms with van der Waals surface area (Å²) < 4.78 is 87.4. The van der Waals surface area contributed by atoms with E-state index in [1.54, 1.807) is 36.4 Å². The number of rotatable bonds is 2. The fourth-order valence-electron chi connectivity index (χ4n) is 3.69. The number of benzene rings is 4. The number of hydrogen-bond acceptors (Lipinski definition) is 3. The second kappa shape index (κ2) is 11.8. The van der Waals surface area contributed by atoms with Crippen molar-refractivity contribution in [1.82, 2.24) is 0 Å². The molecule has 41 heavy (non-hydrogen) atoms. The molecular weight excluding hydrogens is 546 g/mol. The molecule has 0 aliphatic rings. The Morgan fingerprint density at radius 2 is 0.854 bits per heavy atom. The minimum absolute atomic E-state index is 0.352. The van der Waals surface area contributed by atoms with Gasteiger partial charge in [-0.05, 0) is 48.5 Å². The summed E-state index contributed by atoms with van der Waals surface area (Å²) in [7, 11) is 0. The first-order valence-electron chi connectivity index (χ1n) is 11.8. The number of hydrogen-bond donors (Lipinski definition) is 0. The first-order valence-corrected chi connectivity index (χ1v) is 11.8. The molecule has 0 heterocycles. The highest BCUT2D eigenvalue weighted by atomic mass is 19.4. The average molecular weight is 562 g/mol. The van der Waals surface area contributed by atoms with E-state index in [-0.39, 0.29) is 0 Å². The molecule has 9 heteroatoms. The largest absolute Gasteiger partial charge is 0.417 e. The Hall–Kier alpha value is -5.28. The molecule has 0 saturated carbocycles. The van der Waals surface area contributed by atoms with Gasteiger partial charge < -0.3 is 4.74 Å². The molecule has 0 aliphatic heterocycles. The summed E-state index contributed by atoms with van der Waals surface area (Å²) in [6.07, 6.45) is -9.83. The Morgan fingerprint density at radius 3 is 1.20 bits per heavy atom. The monoisotopic (exact) mass is 562 g/mol. The SMILES string of the molecule is O=C(OC(=O)c1cccc(C(F)(F)F)c1C#Cc1ccccc1)c1cccc(C(F)(F)F)c1C#Cc1ccccc1. The molecule has 4 rings (SSSR count). The van der Waals surface area contributed by atoms with Crippen molar-refractivity contribution < 1.29 is 40.7 Å². The van der Waals surface area contributed by atoms with Gasteiger partial charge in [-0.2, -0.15) is 26.3 Å². The van der Waals surface area contributed by atoms with Gasteiger partial charge in [0.1, 0.15) is 0 Å². The number of carbonyl (C=O) groups is 2. The fraction of sp³-hybridized carbons (Fsp3) is 0.0625. The van der Waals surface area contributed by atoms with E-state index in [1.807, 2.05) is 0 Å². The normalized spacial score (nSPS) is 11.0. The summed E-state index contributed by atoms with van der Waals surface area (Å²) in [6, 6.07) is 21.2. The number of halogens is 6. The van der Waals surface area contributed by atoms with E-state index in [0.29, 0.717) is 23.3 Å². The third kappa shape index (κ3) is 7.03. The van der Waals surface area contributed by atoms with Crippen LogP contribution in [-0.4, -0.2) is 11.9 Å². The van der Waals surface area contributed by atoms with Crippen LogP contribution >= 0.6 is 0 Å². The van der Waals surface area contributed by atoms with Gasteiger partial charge in [0.2, 0.25) is 0 Å². The molecule has 204 valence electrons. The van der Waals surface area contributed by atoms with E-state index in [2.05, 4.69) is 23.7 Å². The summed E-state index contributed by atoms with van der Waals surface area (Å²) in [4.78, 5) is 26.0. The molecule has 0 amide bonds. The minimum Gasteiger partial charge on any atom is -0.386 e. The van der Waals surface area contributed by atoms with Crippen LogP contribution in [0, 0.1) is 23.7 Å². The molecule has 4 aromatic carbocycles. The maximum Gasteiger partial charge on any atom is 0.417 e. The summed E-state index contributed by atoms with van der Waals surface area (Å²) in [6.45, 7) is 0. The summed E-state index contributed by atoms with van der Waals surface area (Å²) >= 11 is 0. The van der Waals surface area contributed by atoms with Gasteiger partial charge >= 0.3 is 24.3 Å². The van der Waals surface area contributed by atoms with E-state index in [0.717, 1.165) is 24.3 Å². The zero-order valence-corrected chi connectivity index (χ0v) is 20.7. The van der Waals surface area contributed by atoms with Crippen LogP contribution in [0.5, 0.6) is 0 Å². The summed E-state index contributed by atoms with van der Waals surface area (Å²) in [5, 5.41) is 0. The van der Waals surface area contributed by atoms with Crippen molar-refractivity contribution in [1.29, 1.82) is 0 Å². The Labute approximate surface area is 230 Å². The zero-order valence-electron chi connectivity index (χ0n) is 20.7. The van der Waals surface area contributed by atoms with Gasteiger partial charge in [0.15, 0.2) is 0 Å². The van der Waals surface area contributed by atoms with Crippen molar-refractivity contribution in [2.45, 2.75) is 12.4 Å². The van der Waals surface area contributed by atoms with Crippen molar-refractivity contribution in [3.05, 3.63) is 142 Å². The quantitative estimate of drug-likeness (QED) is 0.110. The van der Waals surface area contributed by atoms with Crippen LogP contribution in [0.15, 0.2) is 97.1 Å². The molecule has 0 unspecified atom stereocenters. The van der Waals surface area contributed by atoms with Crippen LogP contribution < -0.4 is 0 Å². The molecular formula is C32H16F6O3. The van der Waals surface area contributed by atoms with Gasteiger partial charge in [0.25, 0.3) is 0 Å². The molecule has 0 spiro atoms. The summed E-state index contributed by atoms with van der Waals surface area (Å²) in [5.74, 6) is 6.66. The highest BCUT2D eigenvalue weighted by Gasteiger charge is 2.37. The fourth-order valence-corrected chi connectivity index (χ4v) is 3.69. The van der Waals surface area contributed by atoms with Gasteiger partial charge in [0, 0.05) is 11.1 Å². The molecule has 0 atom stereocenters. The highest BCUT2D eigenvalue weighted by molar-refractivity contribution is 6.05. The molecule has 0 aromatic heterocycles. The van der Waals surface area contributed by atoms with E-state index in [1.165, 1.54) is 24.3 Å². The first-order chi connectivity index (χ1) is 19.4. The maximum atomic E-state index is 13.8. The lowest BCUT2D eigenvalue weighted by Gasteiger charge is -2.14. The van der Waals surface area contributed by atoms with Gasteiger partial charge in [-0.1, -0.05) is 72.2 Å². The second-order valence-electron chi connectivity index (χ2n) is 8.36. The van der Waals surface area contributed by atoms with Gasteiger partial charge in [0.05, 0.1) is 33.4 Å². The lowest BCUT2D eigenvalue weighted by Crippen LogP contribution is -2.19. The van der Waals surface area contributed by atoms with E-state index >= 15 is 0 Å². The van der Waals surface area contributed by atoms with Crippen LogP contribution in [-0.2, 0) is 17.1 Å². The van der Waals surface area contributed by atoms with Crippen LogP contribution in [0.25, 0.3) is 0 Å². The number of esters is 2. The molecule has 0 aliphatic carbocycles. The smallest absolute Gasteiger partial charge is 0.386 e. The second-order valence-corrected chi connectivity index (χ2v) is 8.36. The van der Waals surface area contributed by atoms with Crippen molar-refractivity contribution in [3.8, 4) is 23.7 Å². The van der Waals surface area contributed by atoms with E-state index < -0.39 is 57.7 Å². The minimum atomic E-state index is -4.91. The van der Waals surface area contributed by atoms with Gasteiger partial charge in [-0.3, -0.25) is 0 Å². The Kier molecular flexibility index (Phi) is 8.30. The van der Waals surface area contributed by atoms with Crippen molar-refractivity contribution in [2.24, 2.45) is 0 Å². The highest BCUT2D eigenvalue weighted by Crippen LogP contribution is 2.35.